The number of rotatable bonds is 5. The lowest BCUT2D eigenvalue weighted by Gasteiger charge is -2.15. The van der Waals surface area contributed by atoms with Gasteiger partial charge in [-0.15, -0.1) is 0 Å². The van der Waals surface area contributed by atoms with Crippen LogP contribution in [0.1, 0.15) is 38.7 Å². The Bertz CT molecular complexity index is 390. The van der Waals surface area contributed by atoms with Crippen molar-refractivity contribution in [2.45, 2.75) is 40.0 Å². The smallest absolute Gasteiger partial charge is 0.222 e. The maximum Gasteiger partial charge on any atom is 0.222 e. The molecule has 0 unspecified atom stereocenters. The highest BCUT2D eigenvalue weighted by Gasteiger charge is 2.18. The van der Waals surface area contributed by atoms with Gasteiger partial charge in [-0.1, -0.05) is 26.0 Å². The first-order valence-corrected chi connectivity index (χ1v) is 7.23. The van der Waals surface area contributed by atoms with Crippen LogP contribution in [0.25, 0.3) is 0 Å². The predicted molar refractivity (Wildman–Crippen MR) is 78.5 cm³/mol. The third kappa shape index (κ3) is 5.33. The molecule has 0 aliphatic carbocycles. The standard InChI is InChI=1S/C14H19NO2.C2H6/c1-12-5-2-6-13(11-12)17-10-4-9-15-8-3-7-14(15)16;1-2/h2,5-6,11H,3-4,7-10H2,1H3;1-2H3. The van der Waals surface area contributed by atoms with Crippen LogP contribution < -0.4 is 4.74 Å². The van der Waals surface area contributed by atoms with Crippen molar-refractivity contribution in [3.63, 3.8) is 0 Å². The summed E-state index contributed by atoms with van der Waals surface area (Å²) in [5, 5.41) is 0. The molecule has 0 radical (unpaired) electrons. The number of nitrogens with zero attached hydrogens (tertiary/aromatic N) is 1. The summed E-state index contributed by atoms with van der Waals surface area (Å²) in [5.41, 5.74) is 1.21. The molecule has 0 bridgehead atoms. The first kappa shape index (κ1) is 15.5. The molecular formula is C16H25NO2. The van der Waals surface area contributed by atoms with Crippen molar-refractivity contribution in [1.82, 2.24) is 4.90 Å². The van der Waals surface area contributed by atoms with Gasteiger partial charge in [-0.3, -0.25) is 4.79 Å². The minimum Gasteiger partial charge on any atom is -0.494 e. The number of hydrogen-bond donors (Lipinski definition) is 0. The van der Waals surface area contributed by atoms with Crippen LogP contribution in [-0.2, 0) is 4.79 Å². The maximum atomic E-state index is 11.4. The average Bonchev–Trinajstić information content (AvgIpc) is 2.83. The molecule has 1 aromatic carbocycles. The van der Waals surface area contributed by atoms with Crippen LogP contribution in [-0.4, -0.2) is 30.5 Å². The van der Waals surface area contributed by atoms with Gasteiger partial charge in [-0.05, 0) is 37.5 Å². The summed E-state index contributed by atoms with van der Waals surface area (Å²) < 4.78 is 5.64. The fourth-order valence-electron chi connectivity index (χ4n) is 2.09. The molecule has 3 nitrogen and oxygen atoms in total. The quantitative estimate of drug-likeness (QED) is 0.762. The van der Waals surface area contributed by atoms with Crippen LogP contribution >= 0.6 is 0 Å². The van der Waals surface area contributed by atoms with Crippen LogP contribution in [0.15, 0.2) is 24.3 Å². The third-order valence-electron chi connectivity index (χ3n) is 3.00. The molecule has 0 N–H and O–H groups in total. The highest BCUT2D eigenvalue weighted by Crippen LogP contribution is 2.13. The predicted octanol–water partition coefficient (Wildman–Crippen LogP) is 3.41. The molecule has 1 amide bonds. The van der Waals surface area contributed by atoms with Gasteiger partial charge in [0.2, 0.25) is 5.91 Å². The summed E-state index contributed by atoms with van der Waals surface area (Å²) in [5.74, 6) is 1.21. The summed E-state index contributed by atoms with van der Waals surface area (Å²) >= 11 is 0. The van der Waals surface area contributed by atoms with Gasteiger partial charge in [-0.2, -0.15) is 0 Å². The van der Waals surface area contributed by atoms with E-state index in [-0.39, 0.29) is 0 Å². The number of aryl methyl sites for hydroxylation is 1. The lowest BCUT2D eigenvalue weighted by molar-refractivity contribution is -0.127. The summed E-state index contributed by atoms with van der Waals surface area (Å²) in [6.07, 6.45) is 2.63. The molecular weight excluding hydrogens is 238 g/mol. The largest absolute Gasteiger partial charge is 0.494 e. The minimum atomic E-state index is 0.292. The fraction of sp³-hybridized carbons (Fsp3) is 0.562. The molecule has 1 saturated heterocycles. The van der Waals surface area contributed by atoms with Crippen LogP contribution in [0.4, 0.5) is 0 Å². The first-order valence-electron chi connectivity index (χ1n) is 7.23. The Morgan fingerprint density at radius 3 is 2.74 bits per heavy atom. The Labute approximate surface area is 116 Å². The second kappa shape index (κ2) is 8.57. The molecule has 1 aromatic rings. The van der Waals surface area contributed by atoms with Gasteiger partial charge in [0, 0.05) is 19.5 Å². The number of ether oxygens (including phenoxy) is 1. The molecule has 0 aromatic heterocycles. The fourth-order valence-corrected chi connectivity index (χ4v) is 2.09. The van der Waals surface area contributed by atoms with Crippen molar-refractivity contribution >= 4 is 5.91 Å². The van der Waals surface area contributed by atoms with Gasteiger partial charge < -0.3 is 9.64 Å². The van der Waals surface area contributed by atoms with Crippen LogP contribution in [0.3, 0.4) is 0 Å². The Balaban J connectivity index is 0.000000861. The van der Waals surface area contributed by atoms with E-state index in [0.29, 0.717) is 12.5 Å². The van der Waals surface area contributed by atoms with Crippen molar-refractivity contribution < 1.29 is 9.53 Å². The minimum absolute atomic E-state index is 0.292. The molecule has 0 saturated carbocycles. The van der Waals surface area contributed by atoms with Crippen molar-refractivity contribution in [2.75, 3.05) is 19.7 Å². The third-order valence-corrected chi connectivity index (χ3v) is 3.00. The van der Waals surface area contributed by atoms with E-state index in [1.807, 2.05) is 36.9 Å². The van der Waals surface area contributed by atoms with Gasteiger partial charge >= 0.3 is 0 Å². The number of carbonyl (C=O) groups excluding carboxylic acids is 1. The van der Waals surface area contributed by atoms with Crippen LogP contribution in [0.5, 0.6) is 5.75 Å². The molecule has 3 heteroatoms. The zero-order valence-electron chi connectivity index (χ0n) is 12.3. The van der Waals surface area contributed by atoms with Gasteiger partial charge in [-0.25, -0.2) is 0 Å². The summed E-state index contributed by atoms with van der Waals surface area (Å²) in [4.78, 5) is 13.3. The van der Waals surface area contributed by atoms with E-state index >= 15 is 0 Å². The molecule has 1 aliphatic rings. The molecule has 19 heavy (non-hydrogen) atoms. The van der Waals surface area contributed by atoms with Gasteiger partial charge in [0.05, 0.1) is 6.61 Å². The lowest BCUT2D eigenvalue weighted by atomic mass is 10.2. The van der Waals surface area contributed by atoms with Crippen molar-refractivity contribution in [1.29, 1.82) is 0 Å². The molecule has 1 fully saturated rings. The highest BCUT2D eigenvalue weighted by atomic mass is 16.5. The number of amides is 1. The zero-order chi connectivity index (χ0) is 14.1. The summed E-state index contributed by atoms with van der Waals surface area (Å²) in [7, 11) is 0. The first-order chi connectivity index (χ1) is 9.25. The Morgan fingerprint density at radius 1 is 1.32 bits per heavy atom. The molecule has 2 rings (SSSR count). The SMILES string of the molecule is CC.Cc1cccc(OCCCN2CCCC2=O)c1. The lowest BCUT2D eigenvalue weighted by Crippen LogP contribution is -2.26. The second-order valence-corrected chi connectivity index (χ2v) is 4.50. The van der Waals surface area contributed by atoms with Gasteiger partial charge in [0.25, 0.3) is 0 Å². The van der Waals surface area contributed by atoms with Crippen LogP contribution in [0.2, 0.25) is 0 Å². The topological polar surface area (TPSA) is 29.5 Å². The van der Waals surface area contributed by atoms with E-state index < -0.39 is 0 Å². The molecule has 1 aliphatic heterocycles. The Morgan fingerprint density at radius 2 is 2.11 bits per heavy atom. The maximum absolute atomic E-state index is 11.4. The molecule has 106 valence electrons. The molecule has 0 atom stereocenters. The number of carbonyl (C=O) groups is 1. The van der Waals surface area contributed by atoms with E-state index in [2.05, 4.69) is 13.0 Å². The Hall–Kier alpha value is -1.51. The normalized spacial score (nSPS) is 14.1. The van der Waals surface area contributed by atoms with Crippen molar-refractivity contribution in [3.05, 3.63) is 29.8 Å². The van der Waals surface area contributed by atoms with E-state index in [1.54, 1.807) is 0 Å². The average molecular weight is 263 g/mol. The van der Waals surface area contributed by atoms with Gasteiger partial charge in [0.1, 0.15) is 5.75 Å². The van der Waals surface area contributed by atoms with E-state index in [9.17, 15) is 4.79 Å². The Kier molecular flexibility index (Phi) is 7.01. The highest BCUT2D eigenvalue weighted by molar-refractivity contribution is 5.77. The monoisotopic (exact) mass is 263 g/mol. The van der Waals surface area contributed by atoms with E-state index in [1.165, 1.54) is 5.56 Å². The van der Waals surface area contributed by atoms with E-state index in [0.717, 1.165) is 38.1 Å². The van der Waals surface area contributed by atoms with Crippen molar-refractivity contribution in [3.8, 4) is 5.75 Å². The van der Waals surface area contributed by atoms with Crippen LogP contribution in [0, 0.1) is 6.92 Å². The van der Waals surface area contributed by atoms with Gasteiger partial charge in [0.15, 0.2) is 0 Å². The number of benzene rings is 1. The van der Waals surface area contributed by atoms with Crippen molar-refractivity contribution in [2.24, 2.45) is 0 Å². The molecule has 0 spiro atoms. The second-order valence-electron chi connectivity index (χ2n) is 4.50. The molecule has 1 heterocycles. The summed E-state index contributed by atoms with van der Waals surface area (Å²) in [6, 6.07) is 8.04. The number of likely N-dealkylation sites (tertiary alicyclic amines) is 1. The summed E-state index contributed by atoms with van der Waals surface area (Å²) in [6.45, 7) is 8.47. The number of hydrogen-bond acceptors (Lipinski definition) is 2. The van der Waals surface area contributed by atoms with E-state index in [4.69, 9.17) is 4.74 Å². The zero-order valence-corrected chi connectivity index (χ0v) is 12.3.